The van der Waals surface area contributed by atoms with Crippen LogP contribution in [0.2, 0.25) is 0 Å². The van der Waals surface area contributed by atoms with E-state index in [2.05, 4.69) is 15.6 Å². The number of aliphatic hydroxyl groups is 1. The molecule has 5 nitrogen and oxygen atoms in total. The lowest BCUT2D eigenvalue weighted by atomic mass is 10.0. The fourth-order valence-electron chi connectivity index (χ4n) is 2.30. The zero-order valence-electron chi connectivity index (χ0n) is 12.6. The van der Waals surface area contributed by atoms with Crippen molar-refractivity contribution in [3.63, 3.8) is 0 Å². The molecule has 1 unspecified atom stereocenters. The maximum absolute atomic E-state index is 12.0. The lowest BCUT2D eigenvalue weighted by molar-refractivity contribution is 0.0920. The number of aliphatic hydroxyl groups excluding tert-OH is 1. The van der Waals surface area contributed by atoms with Gasteiger partial charge in [-0.2, -0.15) is 0 Å². The van der Waals surface area contributed by atoms with E-state index >= 15 is 0 Å². The number of nitrogens with zero attached hydrogens (tertiary/aromatic N) is 1. The van der Waals surface area contributed by atoms with Crippen molar-refractivity contribution < 1.29 is 9.90 Å². The van der Waals surface area contributed by atoms with Crippen LogP contribution in [0, 0.1) is 0 Å². The summed E-state index contributed by atoms with van der Waals surface area (Å²) in [5.74, 6) is -0.233. The van der Waals surface area contributed by atoms with E-state index in [4.69, 9.17) is 0 Å². The molecule has 0 radical (unpaired) electrons. The number of hydrogen-bond acceptors (Lipinski definition) is 5. The van der Waals surface area contributed by atoms with E-state index in [1.807, 2.05) is 42.5 Å². The molecule has 118 valence electrons. The van der Waals surface area contributed by atoms with Crippen molar-refractivity contribution in [2.75, 3.05) is 18.9 Å². The Bertz CT molecular complexity index is 831. The number of carbonyl (C=O) groups is 1. The molecule has 0 bridgehead atoms. The summed E-state index contributed by atoms with van der Waals surface area (Å²) in [5, 5.41) is 18.8. The van der Waals surface area contributed by atoms with Crippen molar-refractivity contribution in [2.45, 2.75) is 6.10 Å². The van der Waals surface area contributed by atoms with Gasteiger partial charge in [-0.3, -0.25) is 4.79 Å². The van der Waals surface area contributed by atoms with Crippen LogP contribution in [0.5, 0.6) is 0 Å². The summed E-state index contributed by atoms with van der Waals surface area (Å²) in [4.78, 5) is 16.6. The molecule has 0 saturated carbocycles. The number of fused-ring (bicyclic) bond motifs is 1. The maximum Gasteiger partial charge on any atom is 0.263 e. The lowest BCUT2D eigenvalue weighted by Gasteiger charge is -2.12. The molecule has 0 aliphatic heterocycles. The van der Waals surface area contributed by atoms with Crippen LogP contribution in [0.3, 0.4) is 0 Å². The predicted octanol–water partition coefficient (Wildman–Crippen LogP) is 2.80. The second-order valence-electron chi connectivity index (χ2n) is 5.11. The van der Waals surface area contributed by atoms with E-state index in [0.29, 0.717) is 10.0 Å². The highest BCUT2D eigenvalue weighted by Gasteiger charge is 2.13. The summed E-state index contributed by atoms with van der Waals surface area (Å²) in [6, 6.07) is 13.8. The molecule has 6 heteroatoms. The molecule has 23 heavy (non-hydrogen) atoms. The van der Waals surface area contributed by atoms with Gasteiger partial charge in [-0.1, -0.05) is 47.7 Å². The van der Waals surface area contributed by atoms with Crippen molar-refractivity contribution in [2.24, 2.45) is 0 Å². The highest BCUT2D eigenvalue weighted by atomic mass is 32.1. The molecule has 3 aromatic rings. The second-order valence-corrected chi connectivity index (χ2v) is 6.14. The Morgan fingerprint density at radius 1 is 1.26 bits per heavy atom. The molecule has 1 atom stereocenters. The number of benzene rings is 2. The van der Waals surface area contributed by atoms with Crippen molar-refractivity contribution in [1.29, 1.82) is 0 Å². The largest absolute Gasteiger partial charge is 0.387 e. The van der Waals surface area contributed by atoms with E-state index in [1.165, 1.54) is 17.5 Å². The average molecular weight is 327 g/mol. The summed E-state index contributed by atoms with van der Waals surface area (Å²) in [6.45, 7) is 0.157. The molecule has 0 aliphatic rings. The minimum absolute atomic E-state index is 0.157. The Labute approximate surface area is 138 Å². The Kier molecular flexibility index (Phi) is 4.55. The minimum Gasteiger partial charge on any atom is -0.387 e. The molecular formula is C17H17N3O2S. The number of anilines is 1. The molecule has 0 fully saturated rings. The number of carbonyl (C=O) groups excluding carboxylic acids is 1. The molecule has 2 aromatic carbocycles. The zero-order valence-corrected chi connectivity index (χ0v) is 13.4. The average Bonchev–Trinajstić information content (AvgIpc) is 3.08. The van der Waals surface area contributed by atoms with Gasteiger partial charge in [0.15, 0.2) is 5.13 Å². The van der Waals surface area contributed by atoms with Gasteiger partial charge in [0.1, 0.15) is 4.88 Å². The fourth-order valence-corrected chi connectivity index (χ4v) is 2.99. The summed E-state index contributed by atoms with van der Waals surface area (Å²) < 4.78 is 0. The van der Waals surface area contributed by atoms with E-state index in [9.17, 15) is 9.90 Å². The van der Waals surface area contributed by atoms with Crippen LogP contribution in [0.4, 0.5) is 5.13 Å². The Balaban J connectivity index is 1.65. The maximum atomic E-state index is 12.0. The van der Waals surface area contributed by atoms with Crippen molar-refractivity contribution >= 4 is 33.1 Å². The first-order valence-electron chi connectivity index (χ1n) is 7.26. The van der Waals surface area contributed by atoms with E-state index < -0.39 is 6.10 Å². The Hall–Kier alpha value is -2.44. The van der Waals surface area contributed by atoms with Gasteiger partial charge in [0, 0.05) is 13.6 Å². The highest BCUT2D eigenvalue weighted by molar-refractivity contribution is 7.17. The molecule has 0 aliphatic carbocycles. The van der Waals surface area contributed by atoms with Gasteiger partial charge in [-0.25, -0.2) is 4.98 Å². The van der Waals surface area contributed by atoms with Crippen molar-refractivity contribution in [1.82, 2.24) is 10.3 Å². The lowest BCUT2D eigenvalue weighted by Crippen LogP contribution is -2.27. The normalized spacial score (nSPS) is 12.1. The van der Waals surface area contributed by atoms with Gasteiger partial charge < -0.3 is 15.7 Å². The highest BCUT2D eigenvalue weighted by Crippen LogP contribution is 2.21. The Morgan fingerprint density at radius 2 is 2.04 bits per heavy atom. The van der Waals surface area contributed by atoms with Gasteiger partial charge in [-0.05, 0) is 22.4 Å². The number of thiazole rings is 1. The molecule has 1 amide bonds. The predicted molar refractivity (Wildman–Crippen MR) is 92.9 cm³/mol. The van der Waals surface area contributed by atoms with Gasteiger partial charge in [0.05, 0.1) is 12.3 Å². The number of amides is 1. The molecular weight excluding hydrogens is 310 g/mol. The van der Waals surface area contributed by atoms with Crippen molar-refractivity contribution in [3.05, 3.63) is 59.1 Å². The number of nitrogens with one attached hydrogen (secondary N) is 2. The third-order valence-electron chi connectivity index (χ3n) is 3.56. The van der Waals surface area contributed by atoms with Crippen LogP contribution in [0.15, 0.2) is 48.7 Å². The quantitative estimate of drug-likeness (QED) is 0.674. The summed E-state index contributed by atoms with van der Waals surface area (Å²) in [7, 11) is 1.75. The van der Waals surface area contributed by atoms with Crippen LogP contribution in [-0.4, -0.2) is 29.6 Å². The zero-order chi connectivity index (χ0) is 16.2. The summed E-state index contributed by atoms with van der Waals surface area (Å²) in [5.41, 5.74) is 0.782. The van der Waals surface area contributed by atoms with Gasteiger partial charge in [0.2, 0.25) is 0 Å². The molecule has 0 spiro atoms. The smallest absolute Gasteiger partial charge is 0.263 e. The fraction of sp³-hybridized carbons (Fsp3) is 0.176. The standard InChI is InChI=1S/C17H17N3O2S/c1-18-17-20-10-15(23-17)16(22)19-9-14(21)13-7-6-11-4-2-3-5-12(11)8-13/h2-8,10,14,21H,9H2,1H3,(H,18,20)(H,19,22). The first kappa shape index (κ1) is 15.5. The molecule has 0 saturated heterocycles. The molecule has 3 N–H and O–H groups in total. The number of aromatic nitrogens is 1. The van der Waals surface area contributed by atoms with Crippen molar-refractivity contribution in [3.8, 4) is 0 Å². The van der Waals surface area contributed by atoms with Crippen LogP contribution in [-0.2, 0) is 0 Å². The number of hydrogen-bond donors (Lipinski definition) is 3. The topological polar surface area (TPSA) is 74.2 Å². The van der Waals surface area contributed by atoms with E-state index in [1.54, 1.807) is 7.05 Å². The summed E-state index contributed by atoms with van der Waals surface area (Å²) in [6.07, 6.45) is 0.772. The SMILES string of the molecule is CNc1ncc(C(=O)NCC(O)c2ccc3ccccc3c2)s1. The first-order chi connectivity index (χ1) is 11.2. The minimum atomic E-state index is -0.750. The van der Waals surface area contributed by atoms with Gasteiger partial charge in [0.25, 0.3) is 5.91 Å². The molecule has 1 aromatic heterocycles. The van der Waals surface area contributed by atoms with Crippen LogP contribution >= 0.6 is 11.3 Å². The summed E-state index contributed by atoms with van der Waals surface area (Å²) >= 11 is 1.27. The third kappa shape index (κ3) is 3.49. The molecule has 3 rings (SSSR count). The van der Waals surface area contributed by atoms with E-state index in [-0.39, 0.29) is 12.5 Å². The second kappa shape index (κ2) is 6.76. The van der Waals surface area contributed by atoms with E-state index in [0.717, 1.165) is 16.3 Å². The third-order valence-corrected chi connectivity index (χ3v) is 4.57. The van der Waals surface area contributed by atoms with Crippen LogP contribution in [0.25, 0.3) is 10.8 Å². The van der Waals surface area contributed by atoms with Gasteiger partial charge in [-0.15, -0.1) is 0 Å². The van der Waals surface area contributed by atoms with Crippen LogP contribution < -0.4 is 10.6 Å². The monoisotopic (exact) mass is 327 g/mol. The molecule has 1 heterocycles. The first-order valence-corrected chi connectivity index (χ1v) is 8.07. The Morgan fingerprint density at radius 3 is 2.78 bits per heavy atom. The van der Waals surface area contributed by atoms with Gasteiger partial charge >= 0.3 is 0 Å². The number of rotatable bonds is 5. The van der Waals surface area contributed by atoms with Crippen LogP contribution in [0.1, 0.15) is 21.3 Å².